The predicted molar refractivity (Wildman–Crippen MR) is 89.5 cm³/mol. The zero-order valence-corrected chi connectivity index (χ0v) is 13.5. The Morgan fingerprint density at radius 3 is 2.85 bits per heavy atom. The summed E-state index contributed by atoms with van der Waals surface area (Å²) in [5.41, 5.74) is 2.32. The Balaban J connectivity index is 2.12. The summed E-state index contributed by atoms with van der Waals surface area (Å²) in [6.45, 7) is 3.30. The lowest BCUT2D eigenvalue weighted by molar-refractivity contribution is 0.484. The number of thioether (sulfide) groups is 1. The number of benzene rings is 1. The average Bonchev–Trinajstić information content (AvgIpc) is 2.79. The zero-order chi connectivity index (χ0) is 14.4. The maximum Gasteiger partial charge on any atom is 0.111 e. The number of hydrogen-bond acceptors (Lipinski definition) is 3. The van der Waals surface area contributed by atoms with Crippen LogP contribution in [0.1, 0.15) is 25.6 Å². The molecule has 0 saturated heterocycles. The second-order valence-corrected chi connectivity index (χ2v) is 6.20. The predicted octanol–water partition coefficient (Wildman–Crippen LogP) is 3.24. The van der Waals surface area contributed by atoms with Crippen molar-refractivity contribution in [2.45, 2.75) is 32.2 Å². The number of rotatable bonds is 8. The maximum absolute atomic E-state index is 4.78. The summed E-state index contributed by atoms with van der Waals surface area (Å²) in [6.07, 6.45) is 5.56. The fraction of sp³-hybridized carbons (Fsp3) is 0.562. The fourth-order valence-electron chi connectivity index (χ4n) is 2.48. The third-order valence-electron chi connectivity index (χ3n) is 3.66. The molecule has 3 nitrogen and oxygen atoms in total. The number of aromatic nitrogens is 2. The summed E-state index contributed by atoms with van der Waals surface area (Å²) in [5.74, 6) is 2.38. The quantitative estimate of drug-likeness (QED) is 0.810. The summed E-state index contributed by atoms with van der Waals surface area (Å²) in [5, 5.41) is 3.66. The highest BCUT2D eigenvalue weighted by Gasteiger charge is 2.13. The lowest BCUT2D eigenvalue weighted by Gasteiger charge is -2.17. The topological polar surface area (TPSA) is 29.9 Å². The molecule has 2 rings (SSSR count). The molecule has 110 valence electrons. The molecule has 0 bridgehead atoms. The molecule has 0 spiro atoms. The van der Waals surface area contributed by atoms with Crippen LogP contribution in [0.25, 0.3) is 11.0 Å². The molecule has 20 heavy (non-hydrogen) atoms. The molecule has 2 aromatic rings. The van der Waals surface area contributed by atoms with E-state index in [0.29, 0.717) is 6.04 Å². The van der Waals surface area contributed by atoms with E-state index in [1.807, 2.05) is 11.8 Å². The molecular weight excluding hydrogens is 266 g/mol. The smallest absolute Gasteiger partial charge is 0.111 e. The number of fused-ring (bicyclic) bond motifs is 1. The van der Waals surface area contributed by atoms with E-state index in [1.165, 1.54) is 29.9 Å². The van der Waals surface area contributed by atoms with Crippen molar-refractivity contribution in [3.8, 4) is 0 Å². The van der Waals surface area contributed by atoms with Crippen LogP contribution < -0.4 is 5.32 Å². The molecule has 0 radical (unpaired) electrons. The number of hydrogen-bond donors (Lipinski definition) is 1. The minimum Gasteiger partial charge on any atom is -0.331 e. The molecule has 0 amide bonds. The van der Waals surface area contributed by atoms with E-state index in [1.54, 1.807) is 0 Å². The van der Waals surface area contributed by atoms with E-state index in [-0.39, 0.29) is 0 Å². The lowest BCUT2D eigenvalue weighted by atomic mass is 10.1. The molecule has 4 heteroatoms. The van der Waals surface area contributed by atoms with Crippen LogP contribution in [0.2, 0.25) is 0 Å². The van der Waals surface area contributed by atoms with E-state index in [4.69, 9.17) is 4.98 Å². The van der Waals surface area contributed by atoms with Crippen LogP contribution in [0.5, 0.6) is 0 Å². The molecule has 0 aliphatic heterocycles. The highest BCUT2D eigenvalue weighted by molar-refractivity contribution is 7.98. The summed E-state index contributed by atoms with van der Waals surface area (Å²) < 4.78 is 2.23. The van der Waals surface area contributed by atoms with Crippen molar-refractivity contribution in [1.82, 2.24) is 14.9 Å². The van der Waals surface area contributed by atoms with Gasteiger partial charge in [0.25, 0.3) is 0 Å². The Bertz CT molecular complexity index is 528. The molecule has 1 unspecified atom stereocenters. The lowest BCUT2D eigenvalue weighted by Crippen LogP contribution is -2.33. The van der Waals surface area contributed by atoms with Gasteiger partial charge in [-0.3, -0.25) is 0 Å². The van der Waals surface area contributed by atoms with Gasteiger partial charge in [0.2, 0.25) is 0 Å². The minimum absolute atomic E-state index is 0.526. The molecule has 1 aromatic heterocycles. The van der Waals surface area contributed by atoms with Crippen molar-refractivity contribution in [3.63, 3.8) is 0 Å². The van der Waals surface area contributed by atoms with Gasteiger partial charge in [-0.2, -0.15) is 11.8 Å². The Morgan fingerprint density at radius 1 is 1.35 bits per heavy atom. The fourth-order valence-corrected chi connectivity index (χ4v) is 3.00. The first-order chi connectivity index (χ1) is 9.76. The number of aryl methyl sites for hydroxylation is 1. The van der Waals surface area contributed by atoms with Crippen LogP contribution in [0.3, 0.4) is 0 Å². The zero-order valence-electron chi connectivity index (χ0n) is 12.7. The van der Waals surface area contributed by atoms with Crippen molar-refractivity contribution < 1.29 is 0 Å². The molecule has 1 atom stereocenters. The van der Waals surface area contributed by atoms with Gasteiger partial charge in [0, 0.05) is 19.5 Å². The van der Waals surface area contributed by atoms with Gasteiger partial charge >= 0.3 is 0 Å². The van der Waals surface area contributed by atoms with Crippen molar-refractivity contribution in [2.24, 2.45) is 7.05 Å². The Labute approximate surface area is 126 Å². The normalized spacial score (nSPS) is 12.9. The summed E-state index contributed by atoms with van der Waals surface area (Å²) in [4.78, 5) is 4.78. The van der Waals surface area contributed by atoms with Crippen LogP contribution in [-0.4, -0.2) is 34.1 Å². The third kappa shape index (κ3) is 3.76. The van der Waals surface area contributed by atoms with Crippen LogP contribution in [0, 0.1) is 0 Å². The van der Waals surface area contributed by atoms with Gasteiger partial charge in [-0.05, 0) is 43.5 Å². The van der Waals surface area contributed by atoms with Crippen molar-refractivity contribution in [3.05, 3.63) is 30.1 Å². The van der Waals surface area contributed by atoms with Gasteiger partial charge in [-0.1, -0.05) is 19.1 Å². The first kappa shape index (κ1) is 15.4. The summed E-state index contributed by atoms with van der Waals surface area (Å²) in [7, 11) is 2.12. The van der Waals surface area contributed by atoms with Gasteiger partial charge in [0.05, 0.1) is 11.0 Å². The number of nitrogens with one attached hydrogen (secondary N) is 1. The van der Waals surface area contributed by atoms with E-state index >= 15 is 0 Å². The van der Waals surface area contributed by atoms with E-state index in [2.05, 4.69) is 54.4 Å². The Hall–Kier alpha value is -1.00. The molecular formula is C16H25N3S. The second-order valence-electron chi connectivity index (χ2n) is 5.21. The first-order valence-electron chi connectivity index (χ1n) is 7.39. The van der Waals surface area contributed by atoms with Crippen LogP contribution in [-0.2, 0) is 13.5 Å². The maximum atomic E-state index is 4.78. The number of imidazole rings is 1. The molecule has 0 aliphatic carbocycles. The largest absolute Gasteiger partial charge is 0.331 e. The average molecular weight is 291 g/mol. The molecule has 1 heterocycles. The van der Waals surface area contributed by atoms with Crippen LogP contribution in [0.15, 0.2) is 24.3 Å². The van der Waals surface area contributed by atoms with Crippen LogP contribution >= 0.6 is 11.8 Å². The standard InChI is InChI=1S/C16H25N3S/c1-4-10-17-13(9-11-20-3)12-16-18-14-7-5-6-8-15(14)19(16)2/h5-8,13,17H,4,9-12H2,1-3H3. The second kappa shape index (κ2) is 7.70. The molecule has 1 N–H and O–H groups in total. The SMILES string of the molecule is CCCNC(CCSC)Cc1nc2ccccc2n1C. The molecule has 1 aromatic carbocycles. The van der Waals surface area contributed by atoms with E-state index in [9.17, 15) is 0 Å². The third-order valence-corrected chi connectivity index (χ3v) is 4.31. The van der Waals surface area contributed by atoms with Gasteiger partial charge in [-0.15, -0.1) is 0 Å². The van der Waals surface area contributed by atoms with Crippen molar-refractivity contribution in [1.29, 1.82) is 0 Å². The van der Waals surface area contributed by atoms with E-state index in [0.717, 1.165) is 18.5 Å². The number of para-hydroxylation sites is 2. The summed E-state index contributed by atoms with van der Waals surface area (Å²) in [6, 6.07) is 8.89. The van der Waals surface area contributed by atoms with Crippen LogP contribution in [0.4, 0.5) is 0 Å². The van der Waals surface area contributed by atoms with E-state index < -0.39 is 0 Å². The summed E-state index contributed by atoms with van der Waals surface area (Å²) >= 11 is 1.92. The van der Waals surface area contributed by atoms with Gasteiger partial charge in [0.1, 0.15) is 5.82 Å². The van der Waals surface area contributed by atoms with Gasteiger partial charge in [-0.25, -0.2) is 4.98 Å². The highest BCUT2D eigenvalue weighted by atomic mass is 32.2. The molecule has 0 saturated carbocycles. The monoisotopic (exact) mass is 291 g/mol. The van der Waals surface area contributed by atoms with Gasteiger partial charge in [0.15, 0.2) is 0 Å². The van der Waals surface area contributed by atoms with Gasteiger partial charge < -0.3 is 9.88 Å². The molecule has 0 fully saturated rings. The Morgan fingerprint density at radius 2 is 2.15 bits per heavy atom. The molecule has 0 aliphatic rings. The number of nitrogens with zero attached hydrogens (tertiary/aromatic N) is 2. The highest BCUT2D eigenvalue weighted by Crippen LogP contribution is 2.16. The minimum atomic E-state index is 0.526. The first-order valence-corrected chi connectivity index (χ1v) is 8.78. The van der Waals surface area contributed by atoms with Crippen molar-refractivity contribution in [2.75, 3.05) is 18.6 Å². The Kier molecular flexibility index (Phi) is 5.92. The van der Waals surface area contributed by atoms with Crippen molar-refractivity contribution >= 4 is 22.8 Å².